The zero-order valence-corrected chi connectivity index (χ0v) is 18.7. The Morgan fingerprint density at radius 3 is 2.70 bits per heavy atom. The molecule has 3 aromatic rings. The topological polar surface area (TPSA) is 72.7 Å². The van der Waals surface area contributed by atoms with E-state index >= 15 is 0 Å². The minimum absolute atomic E-state index is 0.0125. The lowest BCUT2D eigenvalue weighted by Crippen LogP contribution is -2.37. The number of pyridine rings is 1. The third kappa shape index (κ3) is 4.63. The Morgan fingerprint density at radius 2 is 2.00 bits per heavy atom. The quantitative estimate of drug-likeness (QED) is 0.512. The van der Waals surface area contributed by atoms with Gasteiger partial charge in [0.2, 0.25) is 5.91 Å². The monoisotopic (exact) mass is 461 g/mol. The maximum atomic E-state index is 12.7. The molecule has 0 radical (unpaired) electrons. The number of nitrogens with one attached hydrogen (secondary N) is 1. The highest BCUT2D eigenvalue weighted by atomic mass is 35.5. The summed E-state index contributed by atoms with van der Waals surface area (Å²) in [6.45, 7) is 1.88. The molecule has 1 aromatic carbocycles. The number of aromatic nitrogens is 4. The number of benzene rings is 1. The molecule has 0 bridgehead atoms. The van der Waals surface area contributed by atoms with Gasteiger partial charge in [-0.25, -0.2) is 0 Å². The highest BCUT2D eigenvalue weighted by molar-refractivity contribution is 8.00. The van der Waals surface area contributed by atoms with Crippen molar-refractivity contribution in [2.24, 2.45) is 0 Å². The number of hydrogen-bond acceptors (Lipinski definition) is 5. The lowest BCUT2D eigenvalue weighted by atomic mass is 10.2. The molecule has 0 saturated heterocycles. The molecule has 2 aromatic heterocycles. The Labute approximate surface area is 189 Å². The highest BCUT2D eigenvalue weighted by Crippen LogP contribution is 2.32. The molecule has 0 spiro atoms. The zero-order chi connectivity index (χ0) is 21.1. The summed E-state index contributed by atoms with van der Waals surface area (Å²) in [7, 11) is 0. The van der Waals surface area contributed by atoms with Crippen molar-refractivity contribution in [3.8, 4) is 17.1 Å². The summed E-state index contributed by atoms with van der Waals surface area (Å²) in [5.74, 6) is 0.630. The van der Waals surface area contributed by atoms with Crippen molar-refractivity contribution in [2.75, 3.05) is 0 Å². The molecule has 1 atom stereocenters. The lowest BCUT2D eigenvalue weighted by molar-refractivity contribution is -0.120. The Morgan fingerprint density at radius 1 is 1.20 bits per heavy atom. The molecule has 1 saturated carbocycles. The summed E-state index contributed by atoms with van der Waals surface area (Å²) in [5.41, 5.74) is 1.57. The second kappa shape index (κ2) is 9.37. The molecule has 0 aliphatic heterocycles. The van der Waals surface area contributed by atoms with Gasteiger partial charge in [0.05, 0.1) is 21.0 Å². The van der Waals surface area contributed by atoms with Crippen molar-refractivity contribution in [3.63, 3.8) is 0 Å². The van der Waals surface area contributed by atoms with E-state index in [0.29, 0.717) is 21.0 Å². The van der Waals surface area contributed by atoms with Crippen LogP contribution in [0.2, 0.25) is 10.0 Å². The fourth-order valence-corrected chi connectivity index (χ4v) is 4.65. The average Bonchev–Trinajstić information content (AvgIpc) is 3.40. The van der Waals surface area contributed by atoms with Crippen molar-refractivity contribution in [2.45, 2.75) is 49.1 Å². The maximum absolute atomic E-state index is 12.7. The van der Waals surface area contributed by atoms with Gasteiger partial charge in [-0.2, -0.15) is 0 Å². The Kier molecular flexibility index (Phi) is 6.61. The molecule has 1 N–H and O–H groups in total. The van der Waals surface area contributed by atoms with E-state index in [0.717, 1.165) is 24.1 Å². The SMILES string of the molecule is CC(Sc1nnc(-c2cccnc2)n1-c1ccc(Cl)c(Cl)c1)C(=O)NC1CCCC1. The molecule has 1 aliphatic rings. The summed E-state index contributed by atoms with van der Waals surface area (Å²) in [5, 5.41) is 13.1. The van der Waals surface area contributed by atoms with Crippen LogP contribution in [-0.4, -0.2) is 36.9 Å². The predicted octanol–water partition coefficient (Wildman–Crippen LogP) is 5.18. The zero-order valence-electron chi connectivity index (χ0n) is 16.4. The highest BCUT2D eigenvalue weighted by Gasteiger charge is 2.25. The maximum Gasteiger partial charge on any atom is 0.233 e. The van der Waals surface area contributed by atoms with Gasteiger partial charge in [-0.1, -0.05) is 47.8 Å². The third-order valence-electron chi connectivity index (χ3n) is 5.07. The minimum atomic E-state index is -0.321. The molecular weight excluding hydrogens is 441 g/mol. The molecule has 1 aliphatic carbocycles. The minimum Gasteiger partial charge on any atom is -0.352 e. The first-order valence-electron chi connectivity index (χ1n) is 9.81. The van der Waals surface area contributed by atoms with Crippen molar-refractivity contribution in [1.29, 1.82) is 0 Å². The largest absolute Gasteiger partial charge is 0.352 e. The van der Waals surface area contributed by atoms with Crippen molar-refractivity contribution < 1.29 is 4.79 Å². The van der Waals surface area contributed by atoms with E-state index in [1.54, 1.807) is 24.5 Å². The van der Waals surface area contributed by atoms with Crippen LogP contribution in [0.15, 0.2) is 47.9 Å². The average molecular weight is 462 g/mol. The summed E-state index contributed by atoms with van der Waals surface area (Å²) in [6.07, 6.45) is 7.87. The van der Waals surface area contributed by atoms with E-state index in [9.17, 15) is 4.79 Å². The number of rotatable bonds is 6. The van der Waals surface area contributed by atoms with Gasteiger partial charge in [0, 0.05) is 24.0 Å². The molecule has 6 nitrogen and oxygen atoms in total. The van der Waals surface area contributed by atoms with Gasteiger partial charge in [0.1, 0.15) is 0 Å². The molecule has 1 unspecified atom stereocenters. The summed E-state index contributed by atoms with van der Waals surface area (Å²) < 4.78 is 1.88. The Hall–Kier alpha value is -2.09. The first-order chi connectivity index (χ1) is 14.5. The van der Waals surface area contributed by atoms with Gasteiger partial charge in [0.25, 0.3) is 0 Å². The van der Waals surface area contributed by atoms with E-state index in [2.05, 4.69) is 20.5 Å². The van der Waals surface area contributed by atoms with E-state index < -0.39 is 0 Å². The molecule has 156 valence electrons. The van der Waals surface area contributed by atoms with Gasteiger partial charge in [-0.05, 0) is 50.1 Å². The first kappa shape index (κ1) is 21.2. The fourth-order valence-electron chi connectivity index (χ4n) is 3.49. The molecule has 2 heterocycles. The van der Waals surface area contributed by atoms with Crippen molar-refractivity contribution in [3.05, 3.63) is 52.8 Å². The first-order valence-corrected chi connectivity index (χ1v) is 11.4. The van der Waals surface area contributed by atoms with Gasteiger partial charge >= 0.3 is 0 Å². The molecule has 1 amide bonds. The van der Waals surface area contributed by atoms with E-state index in [4.69, 9.17) is 23.2 Å². The third-order valence-corrected chi connectivity index (χ3v) is 6.85. The molecular formula is C21H21Cl2N5OS. The van der Waals surface area contributed by atoms with Crippen molar-refractivity contribution >= 4 is 40.9 Å². The summed E-state index contributed by atoms with van der Waals surface area (Å²) in [4.78, 5) is 16.9. The van der Waals surface area contributed by atoms with E-state index in [1.807, 2.05) is 29.7 Å². The van der Waals surface area contributed by atoms with Crippen LogP contribution in [-0.2, 0) is 4.79 Å². The Balaban J connectivity index is 1.66. The van der Waals surface area contributed by atoms with Gasteiger partial charge in [-0.15, -0.1) is 10.2 Å². The number of nitrogens with zero attached hydrogens (tertiary/aromatic N) is 4. The predicted molar refractivity (Wildman–Crippen MR) is 120 cm³/mol. The van der Waals surface area contributed by atoms with Crippen LogP contribution in [0, 0.1) is 0 Å². The number of carbonyl (C=O) groups is 1. The van der Waals surface area contributed by atoms with E-state index in [1.165, 1.54) is 24.6 Å². The number of amides is 1. The second-order valence-corrected chi connectivity index (χ2v) is 9.35. The van der Waals surface area contributed by atoms with Crippen LogP contribution < -0.4 is 5.32 Å². The number of halogens is 2. The van der Waals surface area contributed by atoms with Gasteiger partial charge in [-0.3, -0.25) is 14.3 Å². The van der Waals surface area contributed by atoms with Crippen LogP contribution in [0.4, 0.5) is 0 Å². The molecule has 30 heavy (non-hydrogen) atoms. The van der Waals surface area contributed by atoms with Gasteiger partial charge < -0.3 is 5.32 Å². The smallest absolute Gasteiger partial charge is 0.233 e. The van der Waals surface area contributed by atoms with Crippen LogP contribution in [0.1, 0.15) is 32.6 Å². The molecule has 9 heteroatoms. The lowest BCUT2D eigenvalue weighted by Gasteiger charge is -2.17. The molecule has 4 rings (SSSR count). The number of hydrogen-bond donors (Lipinski definition) is 1. The molecule has 1 fully saturated rings. The van der Waals surface area contributed by atoms with Crippen LogP contribution in [0.5, 0.6) is 0 Å². The summed E-state index contributed by atoms with van der Waals surface area (Å²) >= 11 is 13.7. The van der Waals surface area contributed by atoms with Crippen LogP contribution in [0.3, 0.4) is 0 Å². The van der Waals surface area contributed by atoms with Crippen molar-refractivity contribution in [1.82, 2.24) is 25.1 Å². The van der Waals surface area contributed by atoms with Gasteiger partial charge in [0.15, 0.2) is 11.0 Å². The number of thioether (sulfide) groups is 1. The Bertz CT molecular complexity index is 1040. The van der Waals surface area contributed by atoms with Crippen LogP contribution in [0.25, 0.3) is 17.1 Å². The standard InChI is InChI=1S/C21H21Cl2N5OS/c1-13(20(29)25-15-6-2-3-7-15)30-21-27-26-19(14-5-4-10-24-12-14)28(21)16-8-9-17(22)18(23)11-16/h4-5,8-13,15H,2-3,6-7H2,1H3,(H,25,29). The van der Waals surface area contributed by atoms with Crippen LogP contribution >= 0.6 is 35.0 Å². The summed E-state index contributed by atoms with van der Waals surface area (Å²) in [6, 6.07) is 9.38. The number of carbonyl (C=O) groups excluding carboxylic acids is 1. The van der Waals surface area contributed by atoms with E-state index in [-0.39, 0.29) is 17.2 Å². The fraction of sp³-hybridized carbons (Fsp3) is 0.333. The second-order valence-electron chi connectivity index (χ2n) is 7.23. The normalized spacial score (nSPS) is 15.3.